The van der Waals surface area contributed by atoms with Crippen LogP contribution in [0, 0.1) is 0 Å². The Morgan fingerprint density at radius 3 is 2.65 bits per heavy atom. The Balaban J connectivity index is 1.63. The fourth-order valence-corrected chi connectivity index (χ4v) is 3.18. The van der Waals surface area contributed by atoms with Crippen molar-refractivity contribution >= 4 is 16.8 Å². The Hall–Kier alpha value is -1.94. The summed E-state index contributed by atoms with van der Waals surface area (Å²) >= 11 is 0. The van der Waals surface area contributed by atoms with E-state index in [-0.39, 0.29) is 17.5 Å². The highest BCUT2D eigenvalue weighted by Crippen LogP contribution is 2.20. The average molecular weight is 311 g/mol. The number of amides is 1. The molecule has 1 aliphatic heterocycles. The van der Waals surface area contributed by atoms with Crippen LogP contribution in [0.1, 0.15) is 44.0 Å². The number of pyridine rings is 1. The number of aromatic nitrogens is 1. The van der Waals surface area contributed by atoms with Gasteiger partial charge in [0.2, 0.25) is 0 Å². The van der Waals surface area contributed by atoms with E-state index >= 15 is 0 Å². The van der Waals surface area contributed by atoms with E-state index in [0.29, 0.717) is 5.56 Å². The first kappa shape index (κ1) is 15.9. The SMILES string of the molecule is CC(C)(C)N1CCC(NC(=O)c2ccc3ncccc3c2)CC1. The minimum absolute atomic E-state index is 0.0185. The van der Waals surface area contributed by atoms with E-state index in [1.165, 1.54) is 0 Å². The largest absolute Gasteiger partial charge is 0.349 e. The zero-order chi connectivity index (χ0) is 16.4. The molecular formula is C19H25N3O. The van der Waals surface area contributed by atoms with Crippen LogP contribution in [0.3, 0.4) is 0 Å². The van der Waals surface area contributed by atoms with Crippen LogP contribution in [0.25, 0.3) is 10.9 Å². The molecule has 0 aliphatic carbocycles. The van der Waals surface area contributed by atoms with Gasteiger partial charge in [0, 0.05) is 41.8 Å². The van der Waals surface area contributed by atoms with Crippen LogP contribution in [0.15, 0.2) is 36.5 Å². The molecule has 1 amide bonds. The Labute approximate surface area is 137 Å². The maximum absolute atomic E-state index is 12.5. The van der Waals surface area contributed by atoms with Gasteiger partial charge in [0.05, 0.1) is 5.52 Å². The molecule has 1 saturated heterocycles. The number of nitrogens with one attached hydrogen (secondary N) is 1. The van der Waals surface area contributed by atoms with Gasteiger partial charge in [-0.2, -0.15) is 0 Å². The molecule has 0 spiro atoms. The van der Waals surface area contributed by atoms with Gasteiger partial charge in [-0.1, -0.05) is 6.07 Å². The van der Waals surface area contributed by atoms with Crippen molar-refractivity contribution in [2.45, 2.75) is 45.2 Å². The highest BCUT2D eigenvalue weighted by molar-refractivity contribution is 5.98. The maximum atomic E-state index is 12.5. The molecule has 1 aromatic heterocycles. The number of hydrogen-bond acceptors (Lipinski definition) is 3. The molecule has 1 aliphatic rings. The lowest BCUT2D eigenvalue weighted by molar-refractivity contribution is 0.0812. The van der Waals surface area contributed by atoms with E-state index in [0.717, 1.165) is 36.8 Å². The predicted octanol–water partition coefficient (Wildman–Crippen LogP) is 3.23. The zero-order valence-electron chi connectivity index (χ0n) is 14.2. The van der Waals surface area contributed by atoms with Crippen LogP contribution < -0.4 is 5.32 Å². The number of nitrogens with zero attached hydrogens (tertiary/aromatic N) is 2. The van der Waals surface area contributed by atoms with E-state index in [1.54, 1.807) is 6.20 Å². The van der Waals surface area contributed by atoms with Crippen LogP contribution in [0.2, 0.25) is 0 Å². The van der Waals surface area contributed by atoms with Crippen LogP contribution in [-0.4, -0.2) is 40.5 Å². The van der Waals surface area contributed by atoms with Gasteiger partial charge >= 0.3 is 0 Å². The van der Waals surface area contributed by atoms with Crippen molar-refractivity contribution in [2.75, 3.05) is 13.1 Å². The number of piperidine rings is 1. The highest BCUT2D eigenvalue weighted by atomic mass is 16.1. The number of rotatable bonds is 2. The smallest absolute Gasteiger partial charge is 0.251 e. The predicted molar refractivity (Wildman–Crippen MR) is 93.6 cm³/mol. The van der Waals surface area contributed by atoms with Gasteiger partial charge in [-0.3, -0.25) is 14.7 Å². The zero-order valence-corrected chi connectivity index (χ0v) is 14.2. The Morgan fingerprint density at radius 1 is 1.22 bits per heavy atom. The second kappa shape index (κ2) is 6.28. The van der Waals surface area contributed by atoms with Crippen molar-refractivity contribution in [3.63, 3.8) is 0 Å². The van der Waals surface area contributed by atoms with Gasteiger partial charge in [0.25, 0.3) is 5.91 Å². The van der Waals surface area contributed by atoms with E-state index < -0.39 is 0 Å². The molecule has 1 fully saturated rings. The Bertz CT molecular complexity index is 697. The minimum atomic E-state index is 0.0185. The molecule has 3 rings (SSSR count). The van der Waals surface area contributed by atoms with E-state index in [2.05, 4.69) is 36.0 Å². The molecular weight excluding hydrogens is 286 g/mol. The molecule has 0 saturated carbocycles. The average Bonchev–Trinajstić information content (AvgIpc) is 2.54. The number of likely N-dealkylation sites (tertiary alicyclic amines) is 1. The molecule has 23 heavy (non-hydrogen) atoms. The lowest BCUT2D eigenvalue weighted by Gasteiger charge is -2.41. The van der Waals surface area contributed by atoms with Crippen molar-refractivity contribution in [3.05, 3.63) is 42.1 Å². The Kier molecular flexibility index (Phi) is 4.35. The maximum Gasteiger partial charge on any atom is 0.251 e. The summed E-state index contributed by atoms with van der Waals surface area (Å²) in [6.45, 7) is 8.81. The first-order valence-corrected chi connectivity index (χ1v) is 8.34. The molecule has 0 atom stereocenters. The molecule has 1 aromatic carbocycles. The number of fused-ring (bicyclic) bond motifs is 1. The summed E-state index contributed by atoms with van der Waals surface area (Å²) in [6, 6.07) is 9.84. The third-order valence-electron chi connectivity index (χ3n) is 4.64. The van der Waals surface area contributed by atoms with Crippen LogP contribution >= 0.6 is 0 Å². The first-order chi connectivity index (χ1) is 10.9. The summed E-state index contributed by atoms with van der Waals surface area (Å²) in [7, 11) is 0. The minimum Gasteiger partial charge on any atom is -0.349 e. The van der Waals surface area contributed by atoms with E-state index in [4.69, 9.17) is 0 Å². The summed E-state index contributed by atoms with van der Waals surface area (Å²) in [6.07, 6.45) is 3.79. The topological polar surface area (TPSA) is 45.2 Å². The summed E-state index contributed by atoms with van der Waals surface area (Å²) in [4.78, 5) is 19.3. The first-order valence-electron chi connectivity index (χ1n) is 8.34. The monoisotopic (exact) mass is 311 g/mol. The quantitative estimate of drug-likeness (QED) is 0.926. The summed E-state index contributed by atoms with van der Waals surface area (Å²) in [5.41, 5.74) is 1.84. The molecule has 122 valence electrons. The van der Waals surface area contributed by atoms with Gasteiger partial charge in [0.1, 0.15) is 0 Å². The number of carbonyl (C=O) groups is 1. The molecule has 0 bridgehead atoms. The lowest BCUT2D eigenvalue weighted by Crippen LogP contribution is -2.50. The molecule has 4 nitrogen and oxygen atoms in total. The molecule has 2 heterocycles. The summed E-state index contributed by atoms with van der Waals surface area (Å²) < 4.78 is 0. The van der Waals surface area contributed by atoms with E-state index in [1.807, 2.05) is 30.3 Å². The fourth-order valence-electron chi connectivity index (χ4n) is 3.18. The number of hydrogen-bond donors (Lipinski definition) is 1. The Morgan fingerprint density at radius 2 is 1.96 bits per heavy atom. The highest BCUT2D eigenvalue weighted by Gasteiger charge is 2.27. The molecule has 1 N–H and O–H groups in total. The number of carbonyl (C=O) groups excluding carboxylic acids is 1. The lowest BCUT2D eigenvalue weighted by atomic mass is 9.98. The van der Waals surface area contributed by atoms with Crippen LogP contribution in [0.4, 0.5) is 0 Å². The number of benzene rings is 1. The molecule has 0 unspecified atom stereocenters. The van der Waals surface area contributed by atoms with E-state index in [9.17, 15) is 4.79 Å². The van der Waals surface area contributed by atoms with Crippen molar-refractivity contribution in [3.8, 4) is 0 Å². The fraction of sp³-hybridized carbons (Fsp3) is 0.474. The van der Waals surface area contributed by atoms with Crippen LogP contribution in [0.5, 0.6) is 0 Å². The third-order valence-corrected chi connectivity index (χ3v) is 4.64. The second-order valence-corrected chi connectivity index (χ2v) is 7.32. The normalized spacial score (nSPS) is 17.3. The molecule has 2 aromatic rings. The van der Waals surface area contributed by atoms with Gasteiger partial charge in [0.15, 0.2) is 0 Å². The second-order valence-electron chi connectivity index (χ2n) is 7.32. The summed E-state index contributed by atoms with van der Waals surface area (Å²) in [5.74, 6) is 0.0185. The summed E-state index contributed by atoms with van der Waals surface area (Å²) in [5, 5.41) is 4.19. The van der Waals surface area contributed by atoms with Gasteiger partial charge < -0.3 is 5.32 Å². The van der Waals surface area contributed by atoms with Crippen molar-refractivity contribution < 1.29 is 4.79 Å². The third kappa shape index (κ3) is 3.70. The van der Waals surface area contributed by atoms with Gasteiger partial charge in [-0.25, -0.2) is 0 Å². The van der Waals surface area contributed by atoms with Crippen molar-refractivity contribution in [2.24, 2.45) is 0 Å². The van der Waals surface area contributed by atoms with Gasteiger partial charge in [-0.05, 0) is 57.9 Å². The molecule has 4 heteroatoms. The molecule has 0 radical (unpaired) electrons. The van der Waals surface area contributed by atoms with Crippen molar-refractivity contribution in [1.29, 1.82) is 0 Å². The standard InChI is InChI=1S/C19H25N3O/c1-19(2,3)22-11-8-16(9-12-22)21-18(23)15-6-7-17-14(13-15)5-4-10-20-17/h4-7,10,13,16H,8-9,11-12H2,1-3H3,(H,21,23). The van der Waals surface area contributed by atoms with Crippen molar-refractivity contribution in [1.82, 2.24) is 15.2 Å². The van der Waals surface area contributed by atoms with Gasteiger partial charge in [-0.15, -0.1) is 0 Å². The van der Waals surface area contributed by atoms with Crippen LogP contribution in [-0.2, 0) is 0 Å².